The van der Waals surface area contributed by atoms with Gasteiger partial charge in [0.1, 0.15) is 0 Å². The van der Waals surface area contributed by atoms with Crippen molar-refractivity contribution in [2.75, 3.05) is 0 Å². The summed E-state index contributed by atoms with van der Waals surface area (Å²) in [7, 11) is 0. The van der Waals surface area contributed by atoms with Crippen LogP contribution in [0, 0.1) is 0 Å². The predicted octanol–water partition coefficient (Wildman–Crippen LogP) is 2.47. The highest BCUT2D eigenvalue weighted by molar-refractivity contribution is 5.19. The van der Waals surface area contributed by atoms with Crippen molar-refractivity contribution in [2.24, 2.45) is 5.73 Å². The molecule has 0 aliphatic rings. The van der Waals surface area contributed by atoms with Crippen LogP contribution in [0.2, 0.25) is 0 Å². The monoisotopic (exact) mass is 294 g/mol. The molecule has 5 heteroatoms. The quantitative estimate of drug-likeness (QED) is 0.782. The minimum atomic E-state index is -0.690. The maximum Gasteiger partial charge on any atom is 0.236 e. The molecule has 2 heterocycles. The van der Waals surface area contributed by atoms with Gasteiger partial charge in [0.25, 0.3) is 0 Å². The van der Waals surface area contributed by atoms with E-state index in [4.69, 9.17) is 10.2 Å². The predicted molar refractivity (Wildman–Crippen MR) is 83.0 cm³/mol. The fraction of sp³-hybridized carbons (Fsp3) is 0.235. The van der Waals surface area contributed by atoms with Crippen LogP contribution >= 0.6 is 0 Å². The summed E-state index contributed by atoms with van der Waals surface area (Å²) in [6.45, 7) is 1.91. The molecule has 1 aromatic carbocycles. The van der Waals surface area contributed by atoms with E-state index in [1.165, 1.54) is 0 Å². The lowest BCUT2D eigenvalue weighted by molar-refractivity contribution is 0.339. The van der Waals surface area contributed by atoms with E-state index in [2.05, 4.69) is 15.2 Å². The van der Waals surface area contributed by atoms with Gasteiger partial charge in [0, 0.05) is 12.4 Å². The third kappa shape index (κ3) is 3.38. The van der Waals surface area contributed by atoms with Gasteiger partial charge in [-0.25, -0.2) is 0 Å². The second kappa shape index (κ2) is 6.07. The largest absolute Gasteiger partial charge is 0.423 e. The Morgan fingerprint density at radius 1 is 1.00 bits per heavy atom. The number of hydrogen-bond donors (Lipinski definition) is 1. The first-order valence-electron chi connectivity index (χ1n) is 7.18. The summed E-state index contributed by atoms with van der Waals surface area (Å²) in [6, 6.07) is 13.9. The first-order valence-corrected chi connectivity index (χ1v) is 7.18. The van der Waals surface area contributed by atoms with Gasteiger partial charge in [0.15, 0.2) is 0 Å². The smallest absolute Gasteiger partial charge is 0.236 e. The Labute approximate surface area is 129 Å². The second-order valence-corrected chi connectivity index (χ2v) is 5.61. The first-order chi connectivity index (χ1) is 10.6. The van der Waals surface area contributed by atoms with Crippen LogP contribution in [0.5, 0.6) is 0 Å². The molecule has 0 aliphatic carbocycles. The average molecular weight is 294 g/mol. The molecule has 0 spiro atoms. The molecule has 3 aromatic rings. The van der Waals surface area contributed by atoms with Gasteiger partial charge in [-0.1, -0.05) is 30.3 Å². The summed E-state index contributed by atoms with van der Waals surface area (Å²) >= 11 is 0. The van der Waals surface area contributed by atoms with Crippen LogP contribution in [-0.2, 0) is 18.4 Å². The van der Waals surface area contributed by atoms with Gasteiger partial charge >= 0.3 is 0 Å². The van der Waals surface area contributed by atoms with E-state index in [-0.39, 0.29) is 0 Å². The lowest BCUT2D eigenvalue weighted by Gasteiger charge is -2.20. The normalized spacial score (nSPS) is 13.7. The van der Waals surface area contributed by atoms with Crippen molar-refractivity contribution in [1.82, 2.24) is 15.2 Å². The molecule has 2 aromatic heterocycles. The molecule has 0 saturated heterocycles. The van der Waals surface area contributed by atoms with Gasteiger partial charge in [-0.2, -0.15) is 0 Å². The highest BCUT2D eigenvalue weighted by Gasteiger charge is 2.28. The van der Waals surface area contributed by atoms with Crippen LogP contribution < -0.4 is 5.73 Å². The molecule has 5 nitrogen and oxygen atoms in total. The van der Waals surface area contributed by atoms with Crippen LogP contribution in [0.4, 0.5) is 0 Å². The minimum absolute atomic E-state index is 0.459. The van der Waals surface area contributed by atoms with Crippen LogP contribution in [0.1, 0.15) is 29.8 Å². The van der Waals surface area contributed by atoms with Crippen LogP contribution in [0.25, 0.3) is 0 Å². The average Bonchev–Trinajstić information content (AvgIpc) is 2.98. The number of nitrogens with two attached hydrogens (primary N) is 1. The van der Waals surface area contributed by atoms with E-state index in [0.29, 0.717) is 24.6 Å². The lowest BCUT2D eigenvalue weighted by Crippen LogP contribution is -2.35. The van der Waals surface area contributed by atoms with E-state index < -0.39 is 5.54 Å². The summed E-state index contributed by atoms with van der Waals surface area (Å²) in [5.74, 6) is 1.02. The Hall–Kier alpha value is -2.53. The third-order valence-corrected chi connectivity index (χ3v) is 3.47. The van der Waals surface area contributed by atoms with Crippen LogP contribution in [0.3, 0.4) is 0 Å². The highest BCUT2D eigenvalue weighted by Crippen LogP contribution is 2.22. The van der Waals surface area contributed by atoms with Gasteiger partial charge in [-0.15, -0.1) is 10.2 Å². The maximum atomic E-state index is 6.37. The Morgan fingerprint density at radius 2 is 1.73 bits per heavy atom. The summed E-state index contributed by atoms with van der Waals surface area (Å²) in [4.78, 5) is 3.99. The standard InChI is InChI=1S/C17H18N4O/c1-17(18,12-14-5-3-2-4-6-14)16-21-20-15(22-16)11-13-7-9-19-10-8-13/h2-10H,11-12,18H2,1H3/t17-/m0/s1. The van der Waals surface area contributed by atoms with Crippen molar-refractivity contribution >= 4 is 0 Å². The summed E-state index contributed by atoms with van der Waals surface area (Å²) in [5.41, 5.74) is 7.90. The van der Waals surface area contributed by atoms with Crippen molar-refractivity contribution in [1.29, 1.82) is 0 Å². The number of nitrogens with zero attached hydrogens (tertiary/aromatic N) is 3. The molecular formula is C17H18N4O. The molecule has 22 heavy (non-hydrogen) atoms. The van der Waals surface area contributed by atoms with E-state index in [9.17, 15) is 0 Å². The Balaban J connectivity index is 1.75. The molecule has 2 N–H and O–H groups in total. The third-order valence-electron chi connectivity index (χ3n) is 3.47. The minimum Gasteiger partial charge on any atom is -0.423 e. The highest BCUT2D eigenvalue weighted by atomic mass is 16.4. The zero-order valence-corrected chi connectivity index (χ0v) is 12.4. The topological polar surface area (TPSA) is 77.8 Å². The molecule has 0 fully saturated rings. The molecule has 1 atom stereocenters. The van der Waals surface area contributed by atoms with E-state index in [1.54, 1.807) is 12.4 Å². The van der Waals surface area contributed by atoms with Crippen LogP contribution in [-0.4, -0.2) is 15.2 Å². The van der Waals surface area contributed by atoms with Gasteiger partial charge in [-0.3, -0.25) is 4.98 Å². The zero-order valence-electron chi connectivity index (χ0n) is 12.4. The number of aromatic nitrogens is 3. The number of rotatable bonds is 5. The van der Waals surface area contributed by atoms with Crippen molar-refractivity contribution in [3.63, 3.8) is 0 Å². The molecule has 0 bridgehead atoms. The molecule has 0 amide bonds. The molecule has 0 unspecified atom stereocenters. The van der Waals surface area contributed by atoms with Gasteiger partial charge < -0.3 is 10.2 Å². The Morgan fingerprint density at radius 3 is 2.45 bits per heavy atom. The van der Waals surface area contributed by atoms with Crippen molar-refractivity contribution in [2.45, 2.75) is 25.3 Å². The van der Waals surface area contributed by atoms with Gasteiger partial charge in [0.2, 0.25) is 11.8 Å². The Bertz CT molecular complexity index is 723. The van der Waals surface area contributed by atoms with E-state index in [0.717, 1.165) is 11.1 Å². The van der Waals surface area contributed by atoms with Crippen LogP contribution in [0.15, 0.2) is 59.3 Å². The fourth-order valence-corrected chi connectivity index (χ4v) is 2.33. The molecule has 0 radical (unpaired) electrons. The summed E-state index contributed by atoms with van der Waals surface area (Å²) in [6.07, 6.45) is 4.71. The Kier molecular flexibility index (Phi) is 3.98. The number of hydrogen-bond acceptors (Lipinski definition) is 5. The van der Waals surface area contributed by atoms with Gasteiger partial charge in [0.05, 0.1) is 12.0 Å². The molecule has 3 rings (SSSR count). The number of pyridine rings is 1. The molecule has 0 saturated carbocycles. The van der Waals surface area contributed by atoms with Gasteiger partial charge in [-0.05, 0) is 36.6 Å². The first kappa shape index (κ1) is 14.4. The molecule has 112 valence electrons. The van der Waals surface area contributed by atoms with E-state index in [1.807, 2.05) is 49.4 Å². The SMILES string of the molecule is C[C@](N)(Cc1ccccc1)c1nnc(Cc2ccncc2)o1. The zero-order chi connectivity index (χ0) is 15.4. The maximum absolute atomic E-state index is 6.37. The molecular weight excluding hydrogens is 276 g/mol. The van der Waals surface area contributed by atoms with Crippen molar-refractivity contribution < 1.29 is 4.42 Å². The number of benzene rings is 1. The van der Waals surface area contributed by atoms with E-state index >= 15 is 0 Å². The van der Waals surface area contributed by atoms with Crippen molar-refractivity contribution in [3.05, 3.63) is 77.8 Å². The summed E-state index contributed by atoms with van der Waals surface area (Å²) in [5, 5.41) is 8.23. The van der Waals surface area contributed by atoms with Crippen molar-refractivity contribution in [3.8, 4) is 0 Å². The lowest BCUT2D eigenvalue weighted by atomic mass is 9.94. The second-order valence-electron chi connectivity index (χ2n) is 5.61. The fourth-order valence-electron chi connectivity index (χ4n) is 2.33. The molecule has 0 aliphatic heterocycles. The summed E-state index contributed by atoms with van der Waals surface area (Å²) < 4.78 is 5.76.